The lowest BCUT2D eigenvalue weighted by atomic mass is 10.1. The monoisotopic (exact) mass is 288 g/mol. The molecule has 1 saturated heterocycles. The third-order valence-corrected chi connectivity index (χ3v) is 3.65. The minimum Gasteiger partial charge on any atom is -0.368 e. The molecule has 1 aromatic carbocycles. The number of non-ortho nitro benzene ring substituents is 1. The predicted molar refractivity (Wildman–Crippen MR) is 81.3 cm³/mol. The zero-order valence-corrected chi connectivity index (χ0v) is 12.5. The fraction of sp³-hybridized carbons (Fsp3) is 0.533. The maximum absolute atomic E-state index is 10.8. The lowest BCUT2D eigenvalue weighted by molar-refractivity contribution is -0.384. The van der Waals surface area contributed by atoms with E-state index in [2.05, 4.69) is 29.7 Å². The number of hydrogen-bond acceptors (Lipinski definition) is 5. The summed E-state index contributed by atoms with van der Waals surface area (Å²) < 4.78 is 0. The molecule has 1 heterocycles. The second-order valence-corrected chi connectivity index (χ2v) is 5.75. The van der Waals surface area contributed by atoms with E-state index in [0.29, 0.717) is 11.5 Å². The molecule has 0 aliphatic carbocycles. The standard InChI is InChI=1S/C15H20N4O2/c1-12(2)11-17-5-7-18(8-6-17)15-4-3-14(19(20)21)9-13(15)10-16/h3-4,9,12H,5-8,11H2,1-2H3. The minimum atomic E-state index is -0.467. The van der Waals surface area contributed by atoms with Gasteiger partial charge >= 0.3 is 0 Å². The second kappa shape index (κ2) is 6.55. The minimum absolute atomic E-state index is 0.0336. The van der Waals surface area contributed by atoms with Gasteiger partial charge in [-0.15, -0.1) is 0 Å². The van der Waals surface area contributed by atoms with E-state index in [1.807, 2.05) is 0 Å². The lowest BCUT2D eigenvalue weighted by Crippen LogP contribution is -2.47. The van der Waals surface area contributed by atoms with Crippen LogP contribution in [0.15, 0.2) is 18.2 Å². The zero-order chi connectivity index (χ0) is 15.4. The van der Waals surface area contributed by atoms with Crippen molar-refractivity contribution < 1.29 is 4.92 Å². The van der Waals surface area contributed by atoms with Gasteiger partial charge in [0.2, 0.25) is 0 Å². The molecule has 1 aromatic rings. The van der Waals surface area contributed by atoms with Gasteiger partial charge in [0.1, 0.15) is 6.07 Å². The fourth-order valence-corrected chi connectivity index (χ4v) is 2.69. The summed E-state index contributed by atoms with van der Waals surface area (Å²) in [4.78, 5) is 14.9. The molecule has 0 amide bonds. The van der Waals surface area contributed by atoms with Gasteiger partial charge in [0.15, 0.2) is 0 Å². The van der Waals surface area contributed by atoms with Crippen molar-refractivity contribution in [2.45, 2.75) is 13.8 Å². The van der Waals surface area contributed by atoms with Crippen LogP contribution in [0.4, 0.5) is 11.4 Å². The zero-order valence-electron chi connectivity index (χ0n) is 12.5. The molecule has 112 valence electrons. The molecule has 0 unspecified atom stereocenters. The van der Waals surface area contributed by atoms with Crippen LogP contribution in [-0.2, 0) is 0 Å². The number of benzene rings is 1. The highest BCUT2D eigenvalue weighted by molar-refractivity contribution is 5.63. The van der Waals surface area contributed by atoms with E-state index in [-0.39, 0.29) is 5.69 Å². The summed E-state index contributed by atoms with van der Waals surface area (Å²) in [5.74, 6) is 0.644. The van der Waals surface area contributed by atoms with Crippen LogP contribution in [0.25, 0.3) is 0 Å². The topological polar surface area (TPSA) is 73.4 Å². The van der Waals surface area contributed by atoms with E-state index in [9.17, 15) is 15.4 Å². The van der Waals surface area contributed by atoms with Gasteiger partial charge in [-0.2, -0.15) is 5.26 Å². The largest absolute Gasteiger partial charge is 0.368 e. The number of anilines is 1. The first-order valence-corrected chi connectivity index (χ1v) is 7.17. The van der Waals surface area contributed by atoms with Crippen molar-refractivity contribution in [3.8, 4) is 6.07 Å². The van der Waals surface area contributed by atoms with Crippen LogP contribution in [0, 0.1) is 27.4 Å². The van der Waals surface area contributed by atoms with Crippen molar-refractivity contribution in [1.82, 2.24) is 4.90 Å². The predicted octanol–water partition coefficient (Wildman–Crippen LogP) is 2.24. The van der Waals surface area contributed by atoms with Crippen molar-refractivity contribution in [3.63, 3.8) is 0 Å². The van der Waals surface area contributed by atoms with Gasteiger partial charge in [-0.05, 0) is 12.0 Å². The number of nitro groups is 1. The van der Waals surface area contributed by atoms with Gasteiger partial charge in [-0.1, -0.05) is 13.8 Å². The van der Waals surface area contributed by atoms with Crippen LogP contribution in [0.5, 0.6) is 0 Å². The Balaban J connectivity index is 2.10. The van der Waals surface area contributed by atoms with E-state index in [1.165, 1.54) is 12.1 Å². The van der Waals surface area contributed by atoms with Crippen LogP contribution >= 0.6 is 0 Å². The molecule has 0 saturated carbocycles. The summed E-state index contributed by atoms with van der Waals surface area (Å²) in [7, 11) is 0. The average Bonchev–Trinajstić information content (AvgIpc) is 2.46. The van der Waals surface area contributed by atoms with E-state index in [1.54, 1.807) is 6.07 Å². The Morgan fingerprint density at radius 1 is 1.33 bits per heavy atom. The summed E-state index contributed by atoms with van der Waals surface area (Å²) in [6, 6.07) is 6.59. The van der Waals surface area contributed by atoms with E-state index < -0.39 is 4.92 Å². The van der Waals surface area contributed by atoms with Gasteiger partial charge in [0, 0.05) is 44.9 Å². The molecule has 6 heteroatoms. The van der Waals surface area contributed by atoms with E-state index in [4.69, 9.17) is 0 Å². The average molecular weight is 288 g/mol. The third-order valence-electron chi connectivity index (χ3n) is 3.65. The molecule has 21 heavy (non-hydrogen) atoms. The lowest BCUT2D eigenvalue weighted by Gasteiger charge is -2.37. The second-order valence-electron chi connectivity index (χ2n) is 5.75. The van der Waals surface area contributed by atoms with Gasteiger partial charge in [0.25, 0.3) is 5.69 Å². The fourth-order valence-electron chi connectivity index (χ4n) is 2.69. The maximum atomic E-state index is 10.8. The van der Waals surface area contributed by atoms with Gasteiger partial charge in [0.05, 0.1) is 16.2 Å². The first-order chi connectivity index (χ1) is 10.0. The Labute approximate surface area is 124 Å². The summed E-state index contributed by atoms with van der Waals surface area (Å²) in [6.07, 6.45) is 0. The molecule has 0 bridgehead atoms. The van der Waals surface area contributed by atoms with Crippen LogP contribution in [0.3, 0.4) is 0 Å². The van der Waals surface area contributed by atoms with Crippen LogP contribution in [0.1, 0.15) is 19.4 Å². The molecule has 1 aliphatic heterocycles. The van der Waals surface area contributed by atoms with Gasteiger partial charge < -0.3 is 4.90 Å². The third kappa shape index (κ3) is 3.70. The summed E-state index contributed by atoms with van der Waals surface area (Å²) >= 11 is 0. The molecule has 0 aromatic heterocycles. The van der Waals surface area contributed by atoms with E-state index in [0.717, 1.165) is 38.4 Å². The molecular formula is C15H20N4O2. The molecule has 0 spiro atoms. The van der Waals surface area contributed by atoms with Crippen molar-refractivity contribution in [2.75, 3.05) is 37.6 Å². The number of piperazine rings is 1. The highest BCUT2D eigenvalue weighted by atomic mass is 16.6. The van der Waals surface area contributed by atoms with E-state index >= 15 is 0 Å². The number of nitro benzene ring substituents is 1. The Morgan fingerprint density at radius 2 is 2.00 bits per heavy atom. The van der Waals surface area contributed by atoms with Crippen molar-refractivity contribution in [3.05, 3.63) is 33.9 Å². The molecule has 1 fully saturated rings. The Kier molecular flexibility index (Phi) is 4.76. The van der Waals surface area contributed by atoms with Gasteiger partial charge in [-0.25, -0.2) is 0 Å². The van der Waals surface area contributed by atoms with Crippen LogP contribution in [-0.4, -0.2) is 42.5 Å². The van der Waals surface area contributed by atoms with Crippen molar-refractivity contribution >= 4 is 11.4 Å². The number of hydrogen-bond donors (Lipinski definition) is 0. The van der Waals surface area contributed by atoms with Crippen LogP contribution in [0.2, 0.25) is 0 Å². The highest BCUT2D eigenvalue weighted by Gasteiger charge is 2.21. The van der Waals surface area contributed by atoms with Crippen molar-refractivity contribution in [2.24, 2.45) is 5.92 Å². The first-order valence-electron chi connectivity index (χ1n) is 7.17. The molecule has 2 rings (SSSR count). The normalized spacial score (nSPS) is 16.0. The SMILES string of the molecule is CC(C)CN1CCN(c2ccc([N+](=O)[O-])cc2C#N)CC1. The van der Waals surface area contributed by atoms with Crippen LogP contribution < -0.4 is 4.90 Å². The van der Waals surface area contributed by atoms with Gasteiger partial charge in [-0.3, -0.25) is 15.0 Å². The van der Waals surface area contributed by atoms with Crippen molar-refractivity contribution in [1.29, 1.82) is 5.26 Å². The smallest absolute Gasteiger partial charge is 0.270 e. The molecule has 0 N–H and O–H groups in total. The summed E-state index contributed by atoms with van der Waals surface area (Å²) in [5, 5.41) is 20.0. The Bertz CT molecular complexity index is 557. The highest BCUT2D eigenvalue weighted by Crippen LogP contribution is 2.26. The summed E-state index contributed by atoms with van der Waals surface area (Å²) in [5.41, 5.74) is 1.14. The number of nitrogens with zero attached hydrogens (tertiary/aromatic N) is 4. The quantitative estimate of drug-likeness (QED) is 0.627. The Morgan fingerprint density at radius 3 is 2.52 bits per heavy atom. The molecular weight excluding hydrogens is 268 g/mol. The Hall–Kier alpha value is -2.13. The molecule has 0 atom stereocenters. The summed E-state index contributed by atoms with van der Waals surface area (Å²) in [6.45, 7) is 9.10. The number of nitriles is 1. The number of rotatable bonds is 4. The molecule has 1 aliphatic rings. The molecule has 0 radical (unpaired) electrons. The first kappa shape index (κ1) is 15.3. The maximum Gasteiger partial charge on any atom is 0.270 e. The molecule has 6 nitrogen and oxygen atoms in total.